The second kappa shape index (κ2) is 7.76. The number of hydrogen-bond donors (Lipinski definition) is 5. The molecule has 2 atom stereocenters. The first-order valence-corrected chi connectivity index (χ1v) is 5.37. The fourth-order valence-corrected chi connectivity index (χ4v) is 1.39. The van der Waals surface area contributed by atoms with E-state index in [1.807, 2.05) is 0 Å². The molecular weight excluding hydrogens is 226 g/mol. The van der Waals surface area contributed by atoms with E-state index < -0.39 is 11.0 Å². The van der Waals surface area contributed by atoms with Crippen LogP contribution in [-0.2, 0) is 0 Å². The van der Waals surface area contributed by atoms with Crippen LogP contribution in [0.5, 0.6) is 0 Å². The first-order chi connectivity index (χ1) is 7.90. The lowest BCUT2D eigenvalue weighted by Gasteiger charge is -2.19. The van der Waals surface area contributed by atoms with Crippen molar-refractivity contribution in [3.63, 3.8) is 0 Å². The third kappa shape index (κ3) is 6.00. The summed E-state index contributed by atoms with van der Waals surface area (Å²) in [6, 6.07) is -0.458. The quantitative estimate of drug-likeness (QED) is 0.145. The van der Waals surface area contributed by atoms with E-state index in [-0.39, 0.29) is 18.6 Å². The maximum atomic E-state index is 10.5. The number of nitrogens with two attached hydrogens (primary N) is 4. The molecule has 0 saturated carbocycles. The SMILES string of the molecule is N=C(N)N(CCC[C@H](N)C(N)CCN)[N+](=O)[O-]. The molecule has 0 spiro atoms. The van der Waals surface area contributed by atoms with E-state index in [4.69, 9.17) is 28.3 Å². The van der Waals surface area contributed by atoms with Crippen LogP contribution in [0.25, 0.3) is 0 Å². The van der Waals surface area contributed by atoms with Gasteiger partial charge in [0, 0.05) is 12.1 Å². The highest BCUT2D eigenvalue weighted by Gasteiger charge is 2.19. The van der Waals surface area contributed by atoms with Gasteiger partial charge in [0.05, 0.1) is 6.54 Å². The second-order valence-corrected chi connectivity index (χ2v) is 3.79. The third-order valence-corrected chi connectivity index (χ3v) is 2.43. The highest BCUT2D eigenvalue weighted by molar-refractivity contribution is 5.73. The van der Waals surface area contributed by atoms with Crippen LogP contribution in [0.1, 0.15) is 19.3 Å². The van der Waals surface area contributed by atoms with Crippen molar-refractivity contribution in [2.75, 3.05) is 13.1 Å². The number of nitro groups is 1. The molecule has 1 unspecified atom stereocenters. The fourth-order valence-electron chi connectivity index (χ4n) is 1.39. The number of hydrazine groups is 1. The molecule has 0 aliphatic carbocycles. The Bertz CT molecular complexity index is 246. The highest BCUT2D eigenvalue weighted by Crippen LogP contribution is 2.03. The van der Waals surface area contributed by atoms with E-state index in [0.29, 0.717) is 30.8 Å². The Morgan fingerprint density at radius 3 is 2.29 bits per heavy atom. The molecule has 0 fully saturated rings. The molecule has 0 amide bonds. The maximum absolute atomic E-state index is 10.5. The predicted octanol–water partition coefficient (Wildman–Crippen LogP) is -1.84. The monoisotopic (exact) mass is 247 g/mol. The number of nitrogens with one attached hydrogen (secondary N) is 1. The highest BCUT2D eigenvalue weighted by atomic mass is 16.7. The number of nitrogens with zero attached hydrogens (tertiary/aromatic N) is 2. The molecule has 0 rings (SSSR count). The average Bonchev–Trinajstić information content (AvgIpc) is 2.23. The van der Waals surface area contributed by atoms with Gasteiger partial charge in [-0.05, 0) is 25.8 Å². The van der Waals surface area contributed by atoms with Gasteiger partial charge in [-0.25, -0.2) is 10.1 Å². The first kappa shape index (κ1) is 15.6. The van der Waals surface area contributed by atoms with Crippen LogP contribution in [0.3, 0.4) is 0 Å². The van der Waals surface area contributed by atoms with Crippen LogP contribution < -0.4 is 22.9 Å². The lowest BCUT2D eigenvalue weighted by molar-refractivity contribution is -0.629. The number of rotatable bonds is 8. The molecule has 9 nitrogen and oxygen atoms in total. The van der Waals surface area contributed by atoms with Crippen LogP contribution in [0, 0.1) is 15.5 Å². The minimum atomic E-state index is -0.715. The molecular formula is C8H21N7O2. The van der Waals surface area contributed by atoms with Gasteiger partial charge in [0.1, 0.15) is 0 Å². The van der Waals surface area contributed by atoms with Crippen molar-refractivity contribution < 1.29 is 5.03 Å². The van der Waals surface area contributed by atoms with E-state index in [2.05, 4.69) is 0 Å². The lowest BCUT2D eigenvalue weighted by atomic mass is 10.0. The lowest BCUT2D eigenvalue weighted by Crippen LogP contribution is -2.44. The minimum absolute atomic E-state index is 0.0470. The molecule has 0 heterocycles. The summed E-state index contributed by atoms with van der Waals surface area (Å²) < 4.78 is 0. The van der Waals surface area contributed by atoms with E-state index in [0.717, 1.165) is 0 Å². The van der Waals surface area contributed by atoms with Gasteiger partial charge in [-0.3, -0.25) is 5.41 Å². The third-order valence-electron chi connectivity index (χ3n) is 2.43. The van der Waals surface area contributed by atoms with Gasteiger partial charge in [0.15, 0.2) is 5.03 Å². The van der Waals surface area contributed by atoms with Gasteiger partial charge in [-0.2, -0.15) is 0 Å². The zero-order valence-corrected chi connectivity index (χ0v) is 9.71. The molecule has 0 saturated heterocycles. The summed E-state index contributed by atoms with van der Waals surface area (Å²) in [6.45, 7) is 0.509. The van der Waals surface area contributed by atoms with Crippen molar-refractivity contribution in [1.82, 2.24) is 5.01 Å². The van der Waals surface area contributed by atoms with Crippen LogP contribution in [0.2, 0.25) is 0 Å². The molecule has 17 heavy (non-hydrogen) atoms. The van der Waals surface area contributed by atoms with Gasteiger partial charge >= 0.3 is 0 Å². The second-order valence-electron chi connectivity index (χ2n) is 3.79. The minimum Gasteiger partial charge on any atom is -0.365 e. The van der Waals surface area contributed by atoms with Gasteiger partial charge in [-0.1, -0.05) is 5.01 Å². The molecule has 0 aromatic carbocycles. The van der Waals surface area contributed by atoms with Gasteiger partial charge in [0.25, 0.3) is 5.96 Å². The zero-order valence-electron chi connectivity index (χ0n) is 9.71. The Morgan fingerprint density at radius 2 is 1.88 bits per heavy atom. The van der Waals surface area contributed by atoms with Crippen molar-refractivity contribution >= 4 is 5.96 Å². The largest absolute Gasteiger partial charge is 0.365 e. The summed E-state index contributed by atoms with van der Waals surface area (Å²) in [5, 5.41) is 17.4. The normalized spacial score (nSPS) is 14.1. The maximum Gasteiger partial charge on any atom is 0.251 e. The van der Waals surface area contributed by atoms with Crippen molar-refractivity contribution in [3.8, 4) is 0 Å². The molecule has 0 aliphatic rings. The summed E-state index contributed by atoms with van der Waals surface area (Å²) >= 11 is 0. The van der Waals surface area contributed by atoms with Gasteiger partial charge in [-0.15, -0.1) is 0 Å². The van der Waals surface area contributed by atoms with Gasteiger partial charge in [0.2, 0.25) is 0 Å². The Balaban J connectivity index is 3.96. The number of hydrogen-bond acceptors (Lipinski definition) is 6. The van der Waals surface area contributed by atoms with E-state index in [1.54, 1.807) is 0 Å². The number of guanidine groups is 1. The standard InChI is InChI=1S/C8H21N7O2/c9-4-3-7(11)6(10)2-1-5-14(8(12)13)15(16)17/h6-7H,1-5,9-11H2,(H3,12,13)/t6-,7?/m0/s1. The summed E-state index contributed by atoms with van der Waals surface area (Å²) in [4.78, 5) is 10.5. The van der Waals surface area contributed by atoms with Crippen LogP contribution in [0.15, 0.2) is 0 Å². The molecule has 0 aliphatic heterocycles. The molecule has 0 radical (unpaired) electrons. The molecule has 9 heteroatoms. The Morgan fingerprint density at radius 1 is 1.35 bits per heavy atom. The van der Waals surface area contributed by atoms with Gasteiger partial charge < -0.3 is 22.9 Å². The summed E-state index contributed by atoms with van der Waals surface area (Å²) in [5.74, 6) is -0.588. The topological polar surface area (TPSA) is 174 Å². The molecule has 0 aromatic heterocycles. The Labute approximate surface area is 99.7 Å². The molecule has 100 valence electrons. The summed E-state index contributed by atoms with van der Waals surface area (Å²) in [5.41, 5.74) is 21.9. The molecule has 0 bridgehead atoms. The van der Waals surface area contributed by atoms with Crippen molar-refractivity contribution in [2.24, 2.45) is 22.9 Å². The summed E-state index contributed by atoms with van der Waals surface area (Å²) in [7, 11) is 0. The smallest absolute Gasteiger partial charge is 0.251 e. The van der Waals surface area contributed by atoms with Crippen molar-refractivity contribution in [3.05, 3.63) is 10.1 Å². The fraction of sp³-hybridized carbons (Fsp3) is 0.875. The molecule has 0 aromatic rings. The summed E-state index contributed by atoms with van der Waals surface area (Å²) in [6.07, 6.45) is 1.59. The Hall–Kier alpha value is -1.45. The van der Waals surface area contributed by atoms with E-state index in [9.17, 15) is 10.1 Å². The average molecular weight is 247 g/mol. The molecule has 9 N–H and O–H groups in total. The van der Waals surface area contributed by atoms with E-state index >= 15 is 0 Å². The Kier molecular flexibility index (Phi) is 7.10. The predicted molar refractivity (Wildman–Crippen MR) is 64.5 cm³/mol. The van der Waals surface area contributed by atoms with Crippen molar-refractivity contribution in [2.45, 2.75) is 31.3 Å². The van der Waals surface area contributed by atoms with Crippen LogP contribution >= 0.6 is 0 Å². The van der Waals surface area contributed by atoms with Crippen molar-refractivity contribution in [1.29, 1.82) is 5.41 Å². The first-order valence-electron chi connectivity index (χ1n) is 5.37. The zero-order chi connectivity index (χ0) is 13.4. The van der Waals surface area contributed by atoms with Crippen LogP contribution in [-0.4, -0.2) is 41.2 Å². The van der Waals surface area contributed by atoms with Crippen LogP contribution in [0.4, 0.5) is 0 Å². The van der Waals surface area contributed by atoms with E-state index in [1.165, 1.54) is 0 Å².